The molecule has 1 aliphatic heterocycles. The van der Waals surface area contributed by atoms with Crippen LogP contribution in [0.2, 0.25) is 0 Å². The predicted octanol–water partition coefficient (Wildman–Crippen LogP) is 2.56. The Morgan fingerprint density at radius 2 is 1.88 bits per heavy atom. The number of anilines is 1. The second-order valence-corrected chi connectivity index (χ2v) is 9.65. The highest BCUT2D eigenvalue weighted by molar-refractivity contribution is 8.13. The third-order valence-corrected chi connectivity index (χ3v) is 4.70. The molecule has 1 aromatic carbocycles. The second-order valence-electron chi connectivity index (χ2n) is 6.83. The van der Waals surface area contributed by atoms with Crippen molar-refractivity contribution in [3.8, 4) is 0 Å². The van der Waals surface area contributed by atoms with Crippen molar-refractivity contribution in [2.24, 2.45) is 5.92 Å². The fourth-order valence-electron chi connectivity index (χ4n) is 2.54. The number of esters is 1. The van der Waals surface area contributed by atoms with Gasteiger partial charge in [0.05, 0.1) is 11.3 Å². The number of ether oxygens (including phenoxy) is 1. The summed E-state index contributed by atoms with van der Waals surface area (Å²) in [7, 11) is 1.61. The Morgan fingerprint density at radius 3 is 2.38 bits per heavy atom. The van der Waals surface area contributed by atoms with Gasteiger partial charge in [-0.25, -0.2) is 13.2 Å². The van der Waals surface area contributed by atoms with Crippen molar-refractivity contribution in [3.63, 3.8) is 0 Å². The summed E-state index contributed by atoms with van der Waals surface area (Å²) in [4.78, 5) is 25.6. The zero-order chi connectivity index (χ0) is 18.1. The zero-order valence-corrected chi connectivity index (χ0v) is 15.4. The van der Waals surface area contributed by atoms with Gasteiger partial charge in [-0.1, -0.05) is 0 Å². The predicted molar refractivity (Wildman–Crippen MR) is 91.7 cm³/mol. The van der Waals surface area contributed by atoms with Gasteiger partial charge in [0, 0.05) is 35.3 Å². The first-order chi connectivity index (χ1) is 10.9. The smallest absolute Gasteiger partial charge is 0.338 e. The molecule has 2 rings (SSSR count). The minimum absolute atomic E-state index is 0.139. The average Bonchev–Trinajstić information content (AvgIpc) is 2.75. The van der Waals surface area contributed by atoms with Gasteiger partial charge in [0.25, 0.3) is 0 Å². The molecule has 0 bridgehead atoms. The molecule has 0 saturated carbocycles. The van der Waals surface area contributed by atoms with Gasteiger partial charge in [-0.15, -0.1) is 0 Å². The normalized spacial score (nSPS) is 18.8. The van der Waals surface area contributed by atoms with Crippen LogP contribution in [0.1, 0.15) is 37.6 Å². The molecule has 0 aromatic heterocycles. The molecule has 0 radical (unpaired) electrons. The number of rotatable bonds is 4. The van der Waals surface area contributed by atoms with Crippen LogP contribution >= 0.6 is 10.7 Å². The molecule has 0 spiro atoms. The topological polar surface area (TPSA) is 80.8 Å². The third-order valence-electron chi connectivity index (χ3n) is 3.45. The molecule has 1 saturated heterocycles. The number of hydrogen-bond acceptors (Lipinski definition) is 5. The van der Waals surface area contributed by atoms with Gasteiger partial charge >= 0.3 is 5.97 Å². The lowest BCUT2D eigenvalue weighted by molar-refractivity contribution is -0.117. The van der Waals surface area contributed by atoms with Gasteiger partial charge in [-0.2, -0.15) is 0 Å². The van der Waals surface area contributed by atoms with E-state index in [1.165, 1.54) is 4.90 Å². The van der Waals surface area contributed by atoms with E-state index in [1.54, 1.807) is 45.0 Å². The minimum Gasteiger partial charge on any atom is -0.456 e. The van der Waals surface area contributed by atoms with Crippen LogP contribution in [-0.2, 0) is 18.6 Å². The Bertz CT molecular complexity index is 737. The molecule has 6 nitrogen and oxygen atoms in total. The molecule has 1 unspecified atom stereocenters. The number of hydrogen-bond donors (Lipinski definition) is 0. The molecule has 8 heteroatoms. The van der Waals surface area contributed by atoms with Gasteiger partial charge < -0.3 is 9.64 Å². The highest BCUT2D eigenvalue weighted by Gasteiger charge is 2.33. The molecule has 1 aliphatic rings. The van der Waals surface area contributed by atoms with Gasteiger partial charge in [-0.05, 0) is 45.0 Å². The fourth-order valence-corrected chi connectivity index (χ4v) is 3.86. The van der Waals surface area contributed by atoms with E-state index < -0.39 is 20.6 Å². The SMILES string of the molecule is CC(C)(C)OC(=O)c1ccc(N2CC(CS(=O)(=O)Cl)CC2=O)cc1. The van der Waals surface area contributed by atoms with E-state index in [1.807, 2.05) is 0 Å². The zero-order valence-electron chi connectivity index (χ0n) is 13.8. The summed E-state index contributed by atoms with van der Waals surface area (Å²) in [5.74, 6) is -1.16. The molecule has 1 atom stereocenters. The number of benzene rings is 1. The molecule has 0 aliphatic carbocycles. The molecule has 0 N–H and O–H groups in total. The van der Waals surface area contributed by atoms with Gasteiger partial charge in [0.2, 0.25) is 15.0 Å². The van der Waals surface area contributed by atoms with Crippen LogP contribution in [0.25, 0.3) is 0 Å². The lowest BCUT2D eigenvalue weighted by Crippen LogP contribution is -2.26. The van der Waals surface area contributed by atoms with Crippen molar-refractivity contribution >= 4 is 37.3 Å². The Morgan fingerprint density at radius 1 is 1.29 bits per heavy atom. The van der Waals surface area contributed by atoms with E-state index in [9.17, 15) is 18.0 Å². The largest absolute Gasteiger partial charge is 0.456 e. The first kappa shape index (κ1) is 18.7. The molecule has 132 valence electrons. The Kier molecular flexibility index (Phi) is 5.25. The fraction of sp³-hybridized carbons (Fsp3) is 0.500. The van der Waals surface area contributed by atoms with Crippen LogP contribution in [-0.4, -0.2) is 38.2 Å². The van der Waals surface area contributed by atoms with Crippen molar-refractivity contribution < 1.29 is 22.7 Å². The molecule has 1 amide bonds. The lowest BCUT2D eigenvalue weighted by Gasteiger charge is -2.20. The second kappa shape index (κ2) is 6.72. The van der Waals surface area contributed by atoms with Crippen molar-refractivity contribution in [3.05, 3.63) is 29.8 Å². The van der Waals surface area contributed by atoms with Gasteiger partial charge in [0.1, 0.15) is 5.60 Å². The summed E-state index contributed by atoms with van der Waals surface area (Å²) in [6.07, 6.45) is 0.139. The van der Waals surface area contributed by atoms with Crippen LogP contribution in [0, 0.1) is 5.92 Å². The summed E-state index contributed by atoms with van der Waals surface area (Å²) >= 11 is 0. The first-order valence-corrected chi connectivity index (χ1v) is 9.98. The van der Waals surface area contributed by atoms with E-state index in [0.717, 1.165) is 0 Å². The highest BCUT2D eigenvalue weighted by Crippen LogP contribution is 2.27. The summed E-state index contributed by atoms with van der Waals surface area (Å²) in [6, 6.07) is 6.47. The van der Waals surface area contributed by atoms with E-state index in [-0.39, 0.29) is 30.5 Å². The lowest BCUT2D eigenvalue weighted by atomic mass is 10.1. The highest BCUT2D eigenvalue weighted by atomic mass is 35.7. The minimum atomic E-state index is -3.64. The van der Waals surface area contributed by atoms with Gasteiger partial charge in [-0.3, -0.25) is 4.79 Å². The van der Waals surface area contributed by atoms with Crippen LogP contribution in [0.15, 0.2) is 24.3 Å². The number of carbonyl (C=O) groups excluding carboxylic acids is 2. The van der Waals surface area contributed by atoms with Crippen molar-refractivity contribution in [2.45, 2.75) is 32.8 Å². The Hall–Kier alpha value is -1.60. The maximum Gasteiger partial charge on any atom is 0.338 e. The Labute approximate surface area is 146 Å². The number of halogens is 1. The maximum atomic E-state index is 12.1. The van der Waals surface area contributed by atoms with E-state index in [2.05, 4.69) is 0 Å². The number of carbonyl (C=O) groups is 2. The summed E-state index contributed by atoms with van der Waals surface area (Å²) < 4.78 is 27.6. The Balaban J connectivity index is 2.08. The first-order valence-electron chi connectivity index (χ1n) is 7.51. The number of nitrogens with zero attached hydrogens (tertiary/aromatic N) is 1. The summed E-state index contributed by atoms with van der Waals surface area (Å²) in [6.45, 7) is 5.64. The molecule has 1 heterocycles. The van der Waals surface area contributed by atoms with Crippen molar-refractivity contribution in [1.82, 2.24) is 0 Å². The monoisotopic (exact) mass is 373 g/mol. The van der Waals surface area contributed by atoms with Crippen molar-refractivity contribution in [1.29, 1.82) is 0 Å². The van der Waals surface area contributed by atoms with Crippen LogP contribution in [0.4, 0.5) is 5.69 Å². The van der Waals surface area contributed by atoms with Crippen LogP contribution < -0.4 is 4.90 Å². The standard InChI is InChI=1S/C16H20ClNO5S/c1-16(2,3)23-15(20)12-4-6-13(7-5-12)18-9-11(8-14(18)19)10-24(17,21)22/h4-7,11H,8-10H2,1-3H3. The molecule has 1 fully saturated rings. The molecular formula is C16H20ClNO5S. The van der Waals surface area contributed by atoms with Gasteiger partial charge in [0.15, 0.2) is 0 Å². The summed E-state index contributed by atoms with van der Waals surface area (Å²) in [5.41, 5.74) is 0.419. The van der Waals surface area contributed by atoms with Crippen LogP contribution in [0.3, 0.4) is 0 Å². The average molecular weight is 374 g/mol. The molecule has 1 aromatic rings. The third kappa shape index (κ3) is 5.21. The van der Waals surface area contributed by atoms with E-state index >= 15 is 0 Å². The molecule has 24 heavy (non-hydrogen) atoms. The van der Waals surface area contributed by atoms with E-state index in [0.29, 0.717) is 11.3 Å². The van der Waals surface area contributed by atoms with E-state index in [4.69, 9.17) is 15.4 Å². The maximum absolute atomic E-state index is 12.1. The molecular weight excluding hydrogens is 354 g/mol. The summed E-state index contributed by atoms with van der Waals surface area (Å²) in [5, 5.41) is 0. The van der Waals surface area contributed by atoms with Crippen molar-refractivity contribution in [2.75, 3.05) is 17.2 Å². The quantitative estimate of drug-likeness (QED) is 0.598. The van der Waals surface area contributed by atoms with Crippen LogP contribution in [0.5, 0.6) is 0 Å². The number of amides is 1.